The summed E-state index contributed by atoms with van der Waals surface area (Å²) in [7, 11) is 0. The van der Waals surface area contributed by atoms with E-state index in [9.17, 15) is 4.79 Å². The van der Waals surface area contributed by atoms with E-state index >= 15 is 0 Å². The predicted molar refractivity (Wildman–Crippen MR) is 69.8 cm³/mol. The van der Waals surface area contributed by atoms with Gasteiger partial charge in [0.2, 0.25) is 0 Å². The summed E-state index contributed by atoms with van der Waals surface area (Å²) in [6.45, 7) is 5.44. The van der Waals surface area contributed by atoms with Gasteiger partial charge in [-0.3, -0.25) is 0 Å². The van der Waals surface area contributed by atoms with E-state index in [2.05, 4.69) is 19.1 Å². The van der Waals surface area contributed by atoms with E-state index in [4.69, 9.17) is 4.74 Å². The lowest BCUT2D eigenvalue weighted by molar-refractivity contribution is -0.116. The molecule has 0 saturated carbocycles. The first-order valence-electron chi connectivity index (χ1n) is 6.28. The Hall–Kier alpha value is -1.15. The SMILES string of the molecule is CCC(C)(C=O)CCCOCc1ccccc1. The van der Waals surface area contributed by atoms with E-state index in [0.29, 0.717) is 6.61 Å². The zero-order valence-electron chi connectivity index (χ0n) is 10.8. The van der Waals surface area contributed by atoms with Crippen molar-refractivity contribution < 1.29 is 9.53 Å². The van der Waals surface area contributed by atoms with Crippen molar-refractivity contribution in [3.05, 3.63) is 35.9 Å². The first-order chi connectivity index (χ1) is 8.20. The molecule has 0 bridgehead atoms. The van der Waals surface area contributed by atoms with Gasteiger partial charge in [-0.05, 0) is 24.8 Å². The van der Waals surface area contributed by atoms with Crippen LogP contribution in [0.1, 0.15) is 38.7 Å². The lowest BCUT2D eigenvalue weighted by Gasteiger charge is -2.20. The largest absolute Gasteiger partial charge is 0.377 e. The van der Waals surface area contributed by atoms with E-state index in [0.717, 1.165) is 32.2 Å². The van der Waals surface area contributed by atoms with Crippen LogP contribution in [-0.4, -0.2) is 12.9 Å². The van der Waals surface area contributed by atoms with Crippen LogP contribution >= 0.6 is 0 Å². The summed E-state index contributed by atoms with van der Waals surface area (Å²) in [4.78, 5) is 10.9. The zero-order valence-corrected chi connectivity index (χ0v) is 10.8. The Morgan fingerprint density at radius 2 is 2.00 bits per heavy atom. The summed E-state index contributed by atoms with van der Waals surface area (Å²) < 4.78 is 5.59. The number of aldehydes is 1. The van der Waals surface area contributed by atoms with Crippen molar-refractivity contribution in [2.45, 2.75) is 39.7 Å². The van der Waals surface area contributed by atoms with Gasteiger partial charge in [0, 0.05) is 12.0 Å². The van der Waals surface area contributed by atoms with Gasteiger partial charge in [0.25, 0.3) is 0 Å². The van der Waals surface area contributed by atoms with E-state index in [1.165, 1.54) is 5.56 Å². The van der Waals surface area contributed by atoms with Crippen molar-refractivity contribution in [1.82, 2.24) is 0 Å². The monoisotopic (exact) mass is 234 g/mol. The van der Waals surface area contributed by atoms with Crippen LogP contribution < -0.4 is 0 Å². The van der Waals surface area contributed by atoms with Crippen LogP contribution in [0.25, 0.3) is 0 Å². The second-order valence-corrected chi connectivity index (χ2v) is 4.77. The average molecular weight is 234 g/mol. The Kier molecular flexibility index (Phi) is 5.92. The summed E-state index contributed by atoms with van der Waals surface area (Å²) in [6, 6.07) is 10.1. The number of ether oxygens (including phenoxy) is 1. The summed E-state index contributed by atoms with van der Waals surface area (Å²) >= 11 is 0. The molecule has 1 rings (SSSR count). The third-order valence-electron chi connectivity index (χ3n) is 3.24. The highest BCUT2D eigenvalue weighted by atomic mass is 16.5. The lowest BCUT2D eigenvalue weighted by Crippen LogP contribution is -2.17. The van der Waals surface area contributed by atoms with Gasteiger partial charge in [-0.2, -0.15) is 0 Å². The molecule has 0 fully saturated rings. The van der Waals surface area contributed by atoms with Crippen molar-refractivity contribution in [1.29, 1.82) is 0 Å². The zero-order chi connectivity index (χ0) is 12.6. The van der Waals surface area contributed by atoms with Crippen molar-refractivity contribution in [3.63, 3.8) is 0 Å². The predicted octanol–water partition coefficient (Wildman–Crippen LogP) is 3.60. The van der Waals surface area contributed by atoms with Crippen molar-refractivity contribution in [2.75, 3.05) is 6.61 Å². The minimum absolute atomic E-state index is 0.171. The molecule has 2 nitrogen and oxygen atoms in total. The molecule has 0 spiro atoms. The molecule has 0 aliphatic carbocycles. The van der Waals surface area contributed by atoms with Crippen LogP contribution in [0.3, 0.4) is 0 Å². The van der Waals surface area contributed by atoms with E-state index < -0.39 is 0 Å². The molecule has 1 atom stereocenters. The Balaban J connectivity index is 2.15. The Morgan fingerprint density at radius 1 is 1.29 bits per heavy atom. The van der Waals surface area contributed by atoms with Crippen LogP contribution in [0.4, 0.5) is 0 Å². The third kappa shape index (κ3) is 5.14. The first kappa shape index (κ1) is 13.9. The molecular weight excluding hydrogens is 212 g/mol. The number of hydrogen-bond acceptors (Lipinski definition) is 2. The van der Waals surface area contributed by atoms with E-state index in [-0.39, 0.29) is 5.41 Å². The molecular formula is C15H22O2. The molecule has 17 heavy (non-hydrogen) atoms. The topological polar surface area (TPSA) is 26.3 Å². The molecule has 0 N–H and O–H groups in total. The molecule has 0 saturated heterocycles. The maximum Gasteiger partial charge on any atom is 0.125 e. The van der Waals surface area contributed by atoms with Gasteiger partial charge in [0.1, 0.15) is 6.29 Å². The summed E-state index contributed by atoms with van der Waals surface area (Å²) in [5.41, 5.74) is 1.02. The van der Waals surface area contributed by atoms with Crippen LogP contribution in [-0.2, 0) is 16.1 Å². The normalized spacial score (nSPS) is 14.2. The molecule has 0 heterocycles. The van der Waals surface area contributed by atoms with Crippen LogP contribution in [0.2, 0.25) is 0 Å². The second-order valence-electron chi connectivity index (χ2n) is 4.77. The third-order valence-corrected chi connectivity index (χ3v) is 3.24. The number of carbonyl (C=O) groups excluding carboxylic acids is 1. The number of carbonyl (C=O) groups is 1. The minimum Gasteiger partial charge on any atom is -0.377 e. The Labute approximate surface area is 104 Å². The fraction of sp³-hybridized carbons (Fsp3) is 0.533. The fourth-order valence-electron chi connectivity index (χ4n) is 1.66. The highest BCUT2D eigenvalue weighted by molar-refractivity contribution is 5.58. The summed E-state index contributed by atoms with van der Waals surface area (Å²) in [6.07, 6.45) is 3.82. The summed E-state index contributed by atoms with van der Waals surface area (Å²) in [5, 5.41) is 0. The van der Waals surface area contributed by atoms with Gasteiger partial charge >= 0.3 is 0 Å². The van der Waals surface area contributed by atoms with Crippen molar-refractivity contribution in [3.8, 4) is 0 Å². The van der Waals surface area contributed by atoms with Gasteiger partial charge in [-0.15, -0.1) is 0 Å². The molecule has 1 unspecified atom stereocenters. The second kappa shape index (κ2) is 7.23. The summed E-state index contributed by atoms with van der Waals surface area (Å²) in [5.74, 6) is 0. The van der Waals surface area contributed by atoms with Gasteiger partial charge in [-0.1, -0.05) is 44.2 Å². The quantitative estimate of drug-likeness (QED) is 0.507. The maximum absolute atomic E-state index is 10.9. The minimum atomic E-state index is -0.171. The smallest absolute Gasteiger partial charge is 0.125 e. The Morgan fingerprint density at radius 3 is 2.59 bits per heavy atom. The molecule has 0 aliphatic rings. The number of rotatable bonds is 8. The highest BCUT2D eigenvalue weighted by Crippen LogP contribution is 2.24. The van der Waals surface area contributed by atoms with Gasteiger partial charge in [-0.25, -0.2) is 0 Å². The van der Waals surface area contributed by atoms with Crippen LogP contribution in [0.5, 0.6) is 0 Å². The number of hydrogen-bond donors (Lipinski definition) is 0. The van der Waals surface area contributed by atoms with Gasteiger partial charge in [0.15, 0.2) is 0 Å². The fourth-order valence-corrected chi connectivity index (χ4v) is 1.66. The standard InChI is InChI=1S/C15H22O2/c1-3-15(2,13-16)10-7-11-17-12-14-8-5-4-6-9-14/h4-6,8-9,13H,3,7,10-12H2,1-2H3. The highest BCUT2D eigenvalue weighted by Gasteiger charge is 2.19. The van der Waals surface area contributed by atoms with Crippen molar-refractivity contribution in [2.24, 2.45) is 5.41 Å². The van der Waals surface area contributed by atoms with Crippen LogP contribution in [0.15, 0.2) is 30.3 Å². The molecule has 1 aromatic rings. The molecule has 94 valence electrons. The molecule has 0 radical (unpaired) electrons. The van der Waals surface area contributed by atoms with Crippen LogP contribution in [0, 0.1) is 5.41 Å². The Bertz CT molecular complexity index is 321. The molecule has 1 aromatic carbocycles. The molecule has 0 aliphatic heterocycles. The van der Waals surface area contributed by atoms with Gasteiger partial charge in [0.05, 0.1) is 6.61 Å². The molecule has 0 aromatic heterocycles. The molecule has 2 heteroatoms. The lowest BCUT2D eigenvalue weighted by atomic mass is 9.85. The number of benzene rings is 1. The van der Waals surface area contributed by atoms with E-state index in [1.54, 1.807) is 0 Å². The average Bonchev–Trinajstić information content (AvgIpc) is 2.39. The van der Waals surface area contributed by atoms with E-state index in [1.807, 2.05) is 25.1 Å². The molecule has 0 amide bonds. The first-order valence-corrected chi connectivity index (χ1v) is 6.28. The maximum atomic E-state index is 10.9. The van der Waals surface area contributed by atoms with Crippen molar-refractivity contribution >= 4 is 6.29 Å². The van der Waals surface area contributed by atoms with Gasteiger partial charge < -0.3 is 9.53 Å².